The van der Waals surface area contributed by atoms with Crippen LogP contribution >= 0.6 is 0 Å². The number of carbonyl (C=O) groups is 1. The average Bonchev–Trinajstić information content (AvgIpc) is 3.04. The highest BCUT2D eigenvalue weighted by Gasteiger charge is 2.29. The monoisotopic (exact) mass is 220 g/mol. The maximum absolute atomic E-state index is 11.6. The summed E-state index contributed by atoms with van der Waals surface area (Å²) < 4.78 is 2.01. The number of Topliss-reactive ketones (excluding diaryl/α,β-unsaturated/α-hetero) is 1. The molecule has 1 aromatic heterocycles. The summed E-state index contributed by atoms with van der Waals surface area (Å²) in [4.78, 5) is 11.6. The Labute approximate surface area is 96.8 Å². The summed E-state index contributed by atoms with van der Waals surface area (Å²) in [6.45, 7) is 4.34. The zero-order chi connectivity index (χ0) is 11.5. The molecule has 0 atom stereocenters. The van der Waals surface area contributed by atoms with Crippen LogP contribution in [0.15, 0.2) is 12.3 Å². The molecule has 0 radical (unpaired) electrons. The Bertz CT molecular complexity index is 362. The van der Waals surface area contributed by atoms with E-state index in [9.17, 15) is 4.79 Å². The normalized spacial score (nSPS) is 15.7. The first-order chi connectivity index (χ1) is 7.74. The van der Waals surface area contributed by atoms with Crippen molar-refractivity contribution in [2.24, 2.45) is 5.92 Å². The van der Waals surface area contributed by atoms with E-state index >= 15 is 0 Å². The maximum Gasteiger partial charge on any atom is 0.141 e. The minimum atomic E-state index is 0.346. The Morgan fingerprint density at radius 3 is 2.75 bits per heavy atom. The fraction of sp³-hybridized carbons (Fsp3) is 0.692. The molecule has 1 aromatic rings. The lowest BCUT2D eigenvalue weighted by Gasteiger charge is -2.12. The minimum Gasteiger partial charge on any atom is -0.299 e. The first-order valence-electron chi connectivity index (χ1n) is 6.31. The number of aromatic nitrogens is 2. The van der Waals surface area contributed by atoms with Gasteiger partial charge < -0.3 is 0 Å². The lowest BCUT2D eigenvalue weighted by atomic mass is 10.1. The Hall–Kier alpha value is -1.12. The third kappa shape index (κ3) is 2.52. The molecule has 2 rings (SSSR count). The largest absolute Gasteiger partial charge is 0.299 e. The zero-order valence-corrected chi connectivity index (χ0v) is 10.1. The number of nitrogens with zero attached hydrogens (tertiary/aromatic N) is 2. The van der Waals surface area contributed by atoms with Crippen LogP contribution in [0, 0.1) is 5.92 Å². The summed E-state index contributed by atoms with van der Waals surface area (Å²) in [5.41, 5.74) is 0.934. The van der Waals surface area contributed by atoms with E-state index in [0.29, 0.717) is 24.2 Å². The Kier molecular flexibility index (Phi) is 3.42. The van der Waals surface area contributed by atoms with Crippen LogP contribution in [0.4, 0.5) is 0 Å². The first-order valence-corrected chi connectivity index (χ1v) is 6.31. The van der Waals surface area contributed by atoms with Gasteiger partial charge in [-0.05, 0) is 31.7 Å². The highest BCUT2D eigenvalue weighted by atomic mass is 16.1. The van der Waals surface area contributed by atoms with E-state index in [2.05, 4.69) is 18.9 Å². The Balaban J connectivity index is 1.98. The van der Waals surface area contributed by atoms with E-state index in [-0.39, 0.29) is 0 Å². The molecule has 0 aliphatic heterocycles. The van der Waals surface area contributed by atoms with Crippen LogP contribution in [-0.2, 0) is 11.2 Å². The van der Waals surface area contributed by atoms with Crippen molar-refractivity contribution in [2.75, 3.05) is 0 Å². The van der Waals surface area contributed by atoms with Gasteiger partial charge in [-0.25, -0.2) is 0 Å². The van der Waals surface area contributed by atoms with Gasteiger partial charge in [-0.3, -0.25) is 9.48 Å². The second kappa shape index (κ2) is 4.81. The molecule has 3 nitrogen and oxygen atoms in total. The lowest BCUT2D eigenvalue weighted by molar-refractivity contribution is -0.119. The summed E-state index contributed by atoms with van der Waals surface area (Å²) in [7, 11) is 0. The van der Waals surface area contributed by atoms with Crippen LogP contribution in [-0.4, -0.2) is 15.6 Å². The second-order valence-electron chi connectivity index (χ2n) is 4.67. The van der Waals surface area contributed by atoms with Crippen molar-refractivity contribution in [3.63, 3.8) is 0 Å². The van der Waals surface area contributed by atoms with Crippen molar-refractivity contribution in [1.29, 1.82) is 0 Å². The summed E-state index contributed by atoms with van der Waals surface area (Å²) in [5.74, 6) is 0.716. The van der Waals surface area contributed by atoms with Gasteiger partial charge in [0.25, 0.3) is 0 Å². The molecule has 0 saturated heterocycles. The fourth-order valence-electron chi connectivity index (χ4n) is 2.07. The number of carbonyl (C=O) groups excluding carboxylic acids is 1. The van der Waals surface area contributed by atoms with E-state index < -0.39 is 0 Å². The highest BCUT2D eigenvalue weighted by molar-refractivity contribution is 5.84. The molecule has 0 N–H and O–H groups in total. The minimum absolute atomic E-state index is 0.346. The van der Waals surface area contributed by atoms with Crippen LogP contribution in [0.1, 0.15) is 51.3 Å². The molecule has 0 aromatic carbocycles. The van der Waals surface area contributed by atoms with Gasteiger partial charge in [0, 0.05) is 12.1 Å². The summed E-state index contributed by atoms with van der Waals surface area (Å²) in [6, 6.07) is 2.46. The van der Waals surface area contributed by atoms with Crippen LogP contribution in [0.2, 0.25) is 0 Å². The van der Waals surface area contributed by atoms with Gasteiger partial charge >= 0.3 is 0 Å². The molecule has 1 fully saturated rings. The number of ketones is 1. The van der Waals surface area contributed by atoms with Crippen LogP contribution in [0.5, 0.6) is 0 Å². The van der Waals surface area contributed by atoms with Gasteiger partial charge in [-0.2, -0.15) is 5.10 Å². The van der Waals surface area contributed by atoms with Gasteiger partial charge in [0.2, 0.25) is 0 Å². The first kappa shape index (κ1) is 11.4. The zero-order valence-electron chi connectivity index (χ0n) is 10.1. The predicted molar refractivity (Wildman–Crippen MR) is 63.3 cm³/mol. The quantitative estimate of drug-likeness (QED) is 0.739. The standard InChI is InChI=1S/C13H20N2O/c1-3-12(4-2)15-8-7-11(14-15)9-13(16)10-5-6-10/h7-8,10,12H,3-6,9H2,1-2H3. The lowest BCUT2D eigenvalue weighted by Crippen LogP contribution is -2.10. The molecule has 16 heavy (non-hydrogen) atoms. The van der Waals surface area contributed by atoms with Crippen LogP contribution in [0.3, 0.4) is 0 Å². The highest BCUT2D eigenvalue weighted by Crippen LogP contribution is 2.30. The molecule has 0 amide bonds. The molecule has 0 spiro atoms. The topological polar surface area (TPSA) is 34.9 Å². The number of rotatable bonds is 6. The molecule has 1 aliphatic carbocycles. The van der Waals surface area contributed by atoms with E-state index in [4.69, 9.17) is 0 Å². The van der Waals surface area contributed by atoms with Crippen molar-refractivity contribution >= 4 is 5.78 Å². The molecular weight excluding hydrogens is 200 g/mol. The molecule has 0 unspecified atom stereocenters. The van der Waals surface area contributed by atoms with Crippen molar-refractivity contribution in [1.82, 2.24) is 9.78 Å². The summed E-state index contributed by atoms with van der Waals surface area (Å²) in [5, 5.41) is 4.50. The third-order valence-corrected chi connectivity index (χ3v) is 3.37. The van der Waals surface area contributed by atoms with Crippen molar-refractivity contribution in [3.8, 4) is 0 Å². The van der Waals surface area contributed by atoms with Crippen LogP contribution < -0.4 is 0 Å². The van der Waals surface area contributed by atoms with Gasteiger partial charge in [-0.1, -0.05) is 13.8 Å². The number of hydrogen-bond acceptors (Lipinski definition) is 2. The van der Waals surface area contributed by atoms with E-state index in [1.54, 1.807) is 0 Å². The number of hydrogen-bond donors (Lipinski definition) is 0. The fourth-order valence-corrected chi connectivity index (χ4v) is 2.07. The molecular formula is C13H20N2O. The maximum atomic E-state index is 11.6. The molecule has 1 aliphatic rings. The molecule has 88 valence electrons. The molecule has 3 heteroatoms. The molecule has 1 saturated carbocycles. The van der Waals surface area contributed by atoms with Gasteiger partial charge in [0.15, 0.2) is 0 Å². The van der Waals surface area contributed by atoms with Gasteiger partial charge in [-0.15, -0.1) is 0 Å². The van der Waals surface area contributed by atoms with Gasteiger partial charge in [0.1, 0.15) is 5.78 Å². The Morgan fingerprint density at radius 1 is 1.50 bits per heavy atom. The van der Waals surface area contributed by atoms with E-state index in [1.165, 1.54) is 0 Å². The summed E-state index contributed by atoms with van der Waals surface area (Å²) in [6.07, 6.45) is 6.89. The van der Waals surface area contributed by atoms with E-state index in [1.807, 2.05) is 16.9 Å². The second-order valence-corrected chi connectivity index (χ2v) is 4.67. The smallest absolute Gasteiger partial charge is 0.141 e. The molecule has 1 heterocycles. The van der Waals surface area contributed by atoms with Crippen LogP contribution in [0.25, 0.3) is 0 Å². The SMILES string of the molecule is CCC(CC)n1ccc(CC(=O)C2CC2)n1. The predicted octanol–water partition coefficient (Wildman–Crippen LogP) is 2.77. The van der Waals surface area contributed by atoms with Crippen molar-refractivity contribution in [2.45, 2.75) is 52.0 Å². The Morgan fingerprint density at radius 2 is 2.19 bits per heavy atom. The average molecular weight is 220 g/mol. The van der Waals surface area contributed by atoms with Crippen molar-refractivity contribution < 1.29 is 4.79 Å². The van der Waals surface area contributed by atoms with Gasteiger partial charge in [0.05, 0.1) is 18.2 Å². The summed E-state index contributed by atoms with van der Waals surface area (Å²) >= 11 is 0. The molecule has 0 bridgehead atoms. The van der Waals surface area contributed by atoms with E-state index in [0.717, 1.165) is 31.4 Å². The van der Waals surface area contributed by atoms with Crippen molar-refractivity contribution in [3.05, 3.63) is 18.0 Å². The third-order valence-electron chi connectivity index (χ3n) is 3.37.